The van der Waals surface area contributed by atoms with Crippen LogP contribution in [0, 0.1) is 6.92 Å². The number of aryl methyl sites for hydroxylation is 2. The van der Waals surface area contributed by atoms with Gasteiger partial charge in [-0.2, -0.15) is 0 Å². The van der Waals surface area contributed by atoms with E-state index in [1.165, 1.54) is 0 Å². The number of aliphatic hydroxyl groups excluding tert-OH is 1. The summed E-state index contributed by atoms with van der Waals surface area (Å²) >= 11 is 0. The molecule has 2 N–H and O–H groups in total. The molecule has 1 amide bonds. The molecule has 1 aliphatic rings. The topological polar surface area (TPSA) is 58.6 Å². The van der Waals surface area contributed by atoms with Crippen molar-refractivity contribution in [2.45, 2.75) is 45.6 Å². The van der Waals surface area contributed by atoms with Crippen molar-refractivity contribution in [1.82, 2.24) is 0 Å². The number of hydrogen-bond acceptors (Lipinski definition) is 3. The van der Waals surface area contributed by atoms with Crippen LogP contribution >= 0.6 is 0 Å². The molecule has 0 saturated heterocycles. The van der Waals surface area contributed by atoms with Crippen molar-refractivity contribution in [3.8, 4) is 5.75 Å². The fraction of sp³-hybridized carbons (Fsp3) is 0.381. The van der Waals surface area contributed by atoms with Crippen LogP contribution in [-0.4, -0.2) is 17.6 Å². The van der Waals surface area contributed by atoms with Gasteiger partial charge >= 0.3 is 0 Å². The number of carbonyl (C=O) groups excluding carboxylic acids is 1. The quantitative estimate of drug-likeness (QED) is 0.867. The Labute approximate surface area is 148 Å². The molecule has 4 nitrogen and oxygen atoms in total. The highest BCUT2D eigenvalue weighted by molar-refractivity contribution is 5.93. The third-order valence-corrected chi connectivity index (χ3v) is 4.80. The summed E-state index contributed by atoms with van der Waals surface area (Å²) in [6.45, 7) is 4.02. The van der Waals surface area contributed by atoms with Gasteiger partial charge in [-0.1, -0.05) is 37.3 Å². The maximum absolute atomic E-state index is 12.4. The van der Waals surface area contributed by atoms with Crippen LogP contribution in [-0.2, 0) is 17.6 Å². The fourth-order valence-corrected chi connectivity index (χ4v) is 3.45. The molecule has 2 aromatic carbocycles. The van der Waals surface area contributed by atoms with E-state index in [9.17, 15) is 9.90 Å². The van der Waals surface area contributed by atoms with Crippen LogP contribution in [0.3, 0.4) is 0 Å². The van der Waals surface area contributed by atoms with Gasteiger partial charge in [0.2, 0.25) is 0 Å². The van der Waals surface area contributed by atoms with Crippen molar-refractivity contribution in [2.75, 3.05) is 11.9 Å². The number of amides is 1. The van der Waals surface area contributed by atoms with E-state index in [2.05, 4.69) is 12.2 Å². The Kier molecular flexibility index (Phi) is 5.39. The lowest BCUT2D eigenvalue weighted by Gasteiger charge is -2.23. The molecule has 1 unspecified atom stereocenters. The van der Waals surface area contributed by atoms with Crippen molar-refractivity contribution in [1.29, 1.82) is 0 Å². The smallest absolute Gasteiger partial charge is 0.262 e. The van der Waals surface area contributed by atoms with Crippen LogP contribution in [0.1, 0.15) is 48.1 Å². The molecule has 25 heavy (non-hydrogen) atoms. The summed E-state index contributed by atoms with van der Waals surface area (Å²) in [6.07, 6.45) is 3.03. The number of benzene rings is 2. The summed E-state index contributed by atoms with van der Waals surface area (Å²) in [4.78, 5) is 12.4. The van der Waals surface area contributed by atoms with Crippen LogP contribution in [0.5, 0.6) is 5.75 Å². The number of fused-ring (bicyclic) bond motifs is 1. The van der Waals surface area contributed by atoms with Crippen LogP contribution in [0.25, 0.3) is 0 Å². The first-order chi connectivity index (χ1) is 12.1. The van der Waals surface area contributed by atoms with Crippen LogP contribution in [0.2, 0.25) is 0 Å². The third kappa shape index (κ3) is 3.85. The second kappa shape index (κ2) is 7.70. The molecule has 0 bridgehead atoms. The molecule has 0 saturated carbocycles. The normalized spacial score (nSPS) is 16.2. The predicted molar refractivity (Wildman–Crippen MR) is 99.0 cm³/mol. The van der Waals surface area contributed by atoms with Crippen LogP contribution in [0.4, 0.5) is 5.69 Å². The number of nitrogens with one attached hydrogen (secondary N) is 1. The Balaban J connectivity index is 1.69. The van der Waals surface area contributed by atoms with Gasteiger partial charge in [-0.05, 0) is 60.9 Å². The van der Waals surface area contributed by atoms with E-state index in [4.69, 9.17) is 4.74 Å². The van der Waals surface area contributed by atoms with Gasteiger partial charge in [-0.15, -0.1) is 0 Å². The summed E-state index contributed by atoms with van der Waals surface area (Å²) in [7, 11) is 0. The molecule has 0 fully saturated rings. The van der Waals surface area contributed by atoms with Gasteiger partial charge in [-0.25, -0.2) is 0 Å². The molecule has 132 valence electrons. The molecule has 0 aliphatic heterocycles. The Morgan fingerprint density at radius 2 is 2.08 bits per heavy atom. The summed E-state index contributed by atoms with van der Waals surface area (Å²) in [5, 5.41) is 13.1. The highest BCUT2D eigenvalue weighted by Gasteiger charge is 2.21. The van der Waals surface area contributed by atoms with E-state index in [0.29, 0.717) is 5.75 Å². The molecule has 2 aromatic rings. The fourth-order valence-electron chi connectivity index (χ4n) is 3.45. The molecule has 0 heterocycles. The van der Waals surface area contributed by atoms with Crippen molar-refractivity contribution in [3.05, 3.63) is 58.7 Å². The molecule has 1 aliphatic carbocycles. The Morgan fingerprint density at radius 3 is 2.88 bits per heavy atom. The van der Waals surface area contributed by atoms with Crippen LogP contribution in [0.15, 0.2) is 36.4 Å². The van der Waals surface area contributed by atoms with Gasteiger partial charge in [0.25, 0.3) is 5.91 Å². The zero-order valence-electron chi connectivity index (χ0n) is 14.8. The van der Waals surface area contributed by atoms with E-state index in [1.54, 1.807) is 0 Å². The van der Waals surface area contributed by atoms with Crippen molar-refractivity contribution in [2.24, 2.45) is 0 Å². The van der Waals surface area contributed by atoms with Gasteiger partial charge in [-0.3, -0.25) is 4.79 Å². The largest absolute Gasteiger partial charge is 0.483 e. The predicted octanol–water partition coefficient (Wildman–Crippen LogP) is 3.94. The average Bonchev–Trinajstić information content (AvgIpc) is 2.62. The molecule has 3 rings (SSSR count). The van der Waals surface area contributed by atoms with E-state index >= 15 is 0 Å². The number of anilines is 1. The highest BCUT2D eigenvalue weighted by atomic mass is 16.5. The van der Waals surface area contributed by atoms with E-state index in [0.717, 1.165) is 53.6 Å². The first-order valence-corrected chi connectivity index (χ1v) is 8.91. The third-order valence-electron chi connectivity index (χ3n) is 4.80. The lowest BCUT2D eigenvalue weighted by molar-refractivity contribution is -0.118. The van der Waals surface area contributed by atoms with Gasteiger partial charge in [0.15, 0.2) is 6.61 Å². The minimum atomic E-state index is -0.430. The lowest BCUT2D eigenvalue weighted by Crippen LogP contribution is -2.22. The maximum Gasteiger partial charge on any atom is 0.262 e. The van der Waals surface area contributed by atoms with Gasteiger partial charge < -0.3 is 15.2 Å². The minimum Gasteiger partial charge on any atom is -0.483 e. The summed E-state index contributed by atoms with van der Waals surface area (Å²) in [6, 6.07) is 11.7. The second-order valence-corrected chi connectivity index (χ2v) is 6.53. The highest BCUT2D eigenvalue weighted by Crippen LogP contribution is 2.35. The molecule has 0 aromatic heterocycles. The summed E-state index contributed by atoms with van der Waals surface area (Å²) in [5.74, 6) is 0.532. The summed E-state index contributed by atoms with van der Waals surface area (Å²) in [5.41, 5.74) is 5.00. The number of para-hydroxylation sites is 1. The zero-order valence-corrected chi connectivity index (χ0v) is 14.8. The SMILES string of the molecule is CCc1cccc(C)c1NC(=O)COc1cccc2c1CCCC2O. The maximum atomic E-state index is 12.4. The Hall–Kier alpha value is -2.33. The standard InChI is InChI=1S/C21H25NO3/c1-3-15-8-4-7-14(2)21(15)22-20(24)13-25-19-12-6-9-16-17(19)10-5-11-18(16)23/h4,6-9,12,18,23H,3,5,10-11,13H2,1-2H3,(H,22,24). The van der Waals surface area contributed by atoms with E-state index < -0.39 is 6.10 Å². The average molecular weight is 339 g/mol. The van der Waals surface area contributed by atoms with Crippen molar-refractivity contribution in [3.63, 3.8) is 0 Å². The van der Waals surface area contributed by atoms with Gasteiger partial charge in [0.05, 0.1) is 6.10 Å². The van der Waals surface area contributed by atoms with Gasteiger partial charge in [0, 0.05) is 5.69 Å². The van der Waals surface area contributed by atoms with E-state index in [-0.39, 0.29) is 12.5 Å². The molecule has 4 heteroatoms. The second-order valence-electron chi connectivity index (χ2n) is 6.53. The van der Waals surface area contributed by atoms with E-state index in [1.807, 2.05) is 43.3 Å². The van der Waals surface area contributed by atoms with Crippen molar-refractivity contribution < 1.29 is 14.6 Å². The number of aliphatic hydroxyl groups is 1. The summed E-state index contributed by atoms with van der Waals surface area (Å²) < 4.78 is 5.78. The Bertz CT molecular complexity index is 770. The number of ether oxygens (including phenoxy) is 1. The lowest BCUT2D eigenvalue weighted by atomic mass is 9.89. The van der Waals surface area contributed by atoms with Gasteiger partial charge in [0.1, 0.15) is 5.75 Å². The first kappa shape index (κ1) is 17.5. The number of carbonyl (C=O) groups is 1. The molecule has 1 atom stereocenters. The first-order valence-electron chi connectivity index (χ1n) is 8.91. The monoisotopic (exact) mass is 339 g/mol. The number of rotatable bonds is 5. The molecule has 0 radical (unpaired) electrons. The van der Waals surface area contributed by atoms with Crippen molar-refractivity contribution >= 4 is 11.6 Å². The zero-order chi connectivity index (χ0) is 17.8. The molecule has 0 spiro atoms. The van der Waals surface area contributed by atoms with Crippen LogP contribution < -0.4 is 10.1 Å². The molecular formula is C21H25NO3. The molecular weight excluding hydrogens is 314 g/mol. The minimum absolute atomic E-state index is 0.0377. The Morgan fingerprint density at radius 1 is 1.28 bits per heavy atom. The number of hydrogen-bond donors (Lipinski definition) is 2.